The van der Waals surface area contributed by atoms with Gasteiger partial charge in [0, 0.05) is 30.5 Å². The van der Waals surface area contributed by atoms with Crippen molar-refractivity contribution in [3.05, 3.63) is 48.8 Å². The molecule has 4 rings (SSSR count). The molecule has 3 unspecified atom stereocenters. The minimum atomic E-state index is -0.0310. The van der Waals surface area contributed by atoms with Crippen LogP contribution < -0.4 is 10.6 Å². The summed E-state index contributed by atoms with van der Waals surface area (Å²) in [6.07, 6.45) is 7.21. The number of nitrogens with zero attached hydrogens (tertiary/aromatic N) is 1. The van der Waals surface area contributed by atoms with E-state index in [1.54, 1.807) is 4.57 Å². The van der Waals surface area contributed by atoms with Gasteiger partial charge in [-0.25, -0.2) is 4.79 Å². The van der Waals surface area contributed by atoms with Gasteiger partial charge < -0.3 is 10.6 Å². The van der Waals surface area contributed by atoms with Crippen LogP contribution in [0.2, 0.25) is 0 Å². The maximum atomic E-state index is 12.3. The van der Waals surface area contributed by atoms with Crippen molar-refractivity contribution in [1.29, 1.82) is 0 Å². The predicted octanol–water partition coefficient (Wildman–Crippen LogP) is 2.61. The highest BCUT2D eigenvalue weighted by molar-refractivity contribution is 5.79. The topological polar surface area (TPSA) is 46.1 Å². The van der Waals surface area contributed by atoms with Crippen molar-refractivity contribution >= 4 is 6.03 Å². The van der Waals surface area contributed by atoms with E-state index >= 15 is 0 Å². The van der Waals surface area contributed by atoms with Crippen molar-refractivity contribution in [3.8, 4) is 11.1 Å². The number of aromatic nitrogens is 1. The minimum Gasteiger partial charge on any atom is -0.333 e. The number of hydrogen-bond donors (Lipinski definition) is 2. The lowest BCUT2D eigenvalue weighted by atomic mass is 9.96. The zero-order valence-corrected chi connectivity index (χ0v) is 11.8. The maximum Gasteiger partial charge on any atom is 0.325 e. The van der Waals surface area contributed by atoms with Crippen molar-refractivity contribution in [2.75, 3.05) is 0 Å². The van der Waals surface area contributed by atoms with Gasteiger partial charge in [-0.3, -0.25) is 4.57 Å². The van der Waals surface area contributed by atoms with Crippen LogP contribution in [0.4, 0.5) is 4.79 Å². The molecule has 108 valence electrons. The van der Waals surface area contributed by atoms with E-state index in [0.29, 0.717) is 12.1 Å². The second-order valence-electron chi connectivity index (χ2n) is 6.01. The number of carbonyl (C=O) groups is 1. The summed E-state index contributed by atoms with van der Waals surface area (Å²) in [5.74, 6) is 0. The summed E-state index contributed by atoms with van der Waals surface area (Å²) in [7, 11) is 0. The zero-order valence-electron chi connectivity index (χ0n) is 11.8. The Kier molecular flexibility index (Phi) is 3.04. The summed E-state index contributed by atoms with van der Waals surface area (Å²) in [6.45, 7) is 0. The highest BCUT2D eigenvalue weighted by atomic mass is 16.2. The largest absolute Gasteiger partial charge is 0.333 e. The molecule has 0 aliphatic carbocycles. The van der Waals surface area contributed by atoms with Crippen LogP contribution in [-0.4, -0.2) is 28.7 Å². The second-order valence-corrected chi connectivity index (χ2v) is 6.01. The summed E-state index contributed by atoms with van der Waals surface area (Å²) in [4.78, 5) is 12.3. The molecule has 3 atom stereocenters. The van der Waals surface area contributed by atoms with E-state index in [1.165, 1.54) is 12.8 Å². The lowest BCUT2D eigenvalue weighted by Gasteiger charge is -2.21. The van der Waals surface area contributed by atoms with Crippen molar-refractivity contribution in [1.82, 2.24) is 15.2 Å². The number of amides is 1. The predicted molar refractivity (Wildman–Crippen MR) is 82.1 cm³/mol. The minimum absolute atomic E-state index is 0.0310. The Morgan fingerprint density at radius 1 is 1.14 bits per heavy atom. The molecule has 2 aliphatic rings. The highest BCUT2D eigenvalue weighted by Crippen LogP contribution is 2.28. The SMILES string of the molecule is O=C(NC1CC2CCC1N2)n1ccc(-c2ccccc2)c1. The Balaban J connectivity index is 1.47. The van der Waals surface area contributed by atoms with E-state index in [-0.39, 0.29) is 12.1 Å². The van der Waals surface area contributed by atoms with Crippen LogP contribution in [-0.2, 0) is 0 Å². The van der Waals surface area contributed by atoms with Gasteiger partial charge in [-0.05, 0) is 36.5 Å². The number of nitrogens with one attached hydrogen (secondary N) is 2. The molecule has 4 heteroatoms. The molecule has 0 spiro atoms. The normalized spacial score (nSPS) is 27.0. The molecule has 1 aromatic carbocycles. The summed E-state index contributed by atoms with van der Waals surface area (Å²) in [6, 6.07) is 13.4. The average molecular weight is 281 g/mol. The highest BCUT2D eigenvalue weighted by Gasteiger charge is 2.39. The first-order valence-corrected chi connectivity index (χ1v) is 7.60. The standard InChI is InChI=1S/C17H19N3O/c21-17(19-16-10-14-6-7-15(16)18-14)20-9-8-13(11-20)12-4-2-1-3-5-12/h1-5,8-9,11,14-16,18H,6-7,10H2,(H,19,21). The fourth-order valence-electron chi connectivity index (χ4n) is 3.54. The molecule has 1 aromatic heterocycles. The molecular formula is C17H19N3O. The molecule has 2 N–H and O–H groups in total. The zero-order chi connectivity index (χ0) is 14.2. The van der Waals surface area contributed by atoms with Crippen LogP contribution >= 0.6 is 0 Å². The van der Waals surface area contributed by atoms with Crippen LogP contribution in [0.25, 0.3) is 11.1 Å². The number of hydrogen-bond acceptors (Lipinski definition) is 2. The monoisotopic (exact) mass is 281 g/mol. The number of rotatable bonds is 2. The molecule has 2 fully saturated rings. The van der Waals surface area contributed by atoms with Crippen molar-refractivity contribution in [3.63, 3.8) is 0 Å². The summed E-state index contributed by atoms with van der Waals surface area (Å²) < 4.78 is 1.65. The Bertz CT molecular complexity index is 649. The van der Waals surface area contributed by atoms with Crippen LogP contribution in [0.1, 0.15) is 19.3 Å². The fraction of sp³-hybridized carbons (Fsp3) is 0.353. The third kappa shape index (κ3) is 2.36. The van der Waals surface area contributed by atoms with Crippen molar-refractivity contribution in [2.45, 2.75) is 37.4 Å². The van der Waals surface area contributed by atoms with Crippen molar-refractivity contribution < 1.29 is 4.79 Å². The maximum absolute atomic E-state index is 12.3. The van der Waals surface area contributed by atoms with Gasteiger partial charge in [-0.15, -0.1) is 0 Å². The Morgan fingerprint density at radius 2 is 2.00 bits per heavy atom. The quantitative estimate of drug-likeness (QED) is 0.889. The van der Waals surface area contributed by atoms with Gasteiger partial charge in [-0.2, -0.15) is 0 Å². The first kappa shape index (κ1) is 12.7. The molecule has 2 aliphatic heterocycles. The Hall–Kier alpha value is -2.07. The van der Waals surface area contributed by atoms with Crippen LogP contribution in [0.15, 0.2) is 48.8 Å². The summed E-state index contributed by atoms with van der Waals surface area (Å²) >= 11 is 0. The molecular weight excluding hydrogens is 262 g/mol. The van der Waals surface area contributed by atoms with E-state index < -0.39 is 0 Å². The van der Waals surface area contributed by atoms with E-state index in [9.17, 15) is 4.79 Å². The lowest BCUT2D eigenvalue weighted by Crippen LogP contribution is -2.44. The lowest BCUT2D eigenvalue weighted by molar-refractivity contribution is 0.236. The van der Waals surface area contributed by atoms with Crippen LogP contribution in [0.5, 0.6) is 0 Å². The second kappa shape index (κ2) is 5.04. The first-order chi connectivity index (χ1) is 10.3. The van der Waals surface area contributed by atoms with E-state index in [2.05, 4.69) is 22.8 Å². The molecule has 4 nitrogen and oxygen atoms in total. The van der Waals surface area contributed by atoms with Gasteiger partial charge in [0.2, 0.25) is 0 Å². The third-order valence-electron chi connectivity index (χ3n) is 4.64. The van der Waals surface area contributed by atoms with E-state index in [0.717, 1.165) is 17.5 Å². The average Bonchev–Trinajstić information content (AvgIpc) is 3.24. The molecule has 3 heterocycles. The van der Waals surface area contributed by atoms with Crippen LogP contribution in [0.3, 0.4) is 0 Å². The number of fused-ring (bicyclic) bond motifs is 2. The molecule has 2 bridgehead atoms. The van der Waals surface area contributed by atoms with E-state index in [4.69, 9.17) is 0 Å². The summed E-state index contributed by atoms with van der Waals surface area (Å²) in [5.41, 5.74) is 2.20. The number of benzene rings is 1. The molecule has 0 saturated carbocycles. The molecule has 2 saturated heterocycles. The third-order valence-corrected chi connectivity index (χ3v) is 4.64. The van der Waals surface area contributed by atoms with Crippen molar-refractivity contribution in [2.24, 2.45) is 0 Å². The van der Waals surface area contributed by atoms with Gasteiger partial charge >= 0.3 is 6.03 Å². The van der Waals surface area contributed by atoms with Gasteiger partial charge in [-0.1, -0.05) is 30.3 Å². The van der Waals surface area contributed by atoms with Gasteiger partial charge in [0.1, 0.15) is 0 Å². The summed E-state index contributed by atoms with van der Waals surface area (Å²) in [5, 5.41) is 6.69. The van der Waals surface area contributed by atoms with Gasteiger partial charge in [0.15, 0.2) is 0 Å². The Morgan fingerprint density at radius 3 is 2.71 bits per heavy atom. The number of carbonyl (C=O) groups excluding carboxylic acids is 1. The van der Waals surface area contributed by atoms with Crippen LogP contribution in [0, 0.1) is 0 Å². The molecule has 0 radical (unpaired) electrons. The Labute approximate surface area is 124 Å². The van der Waals surface area contributed by atoms with Gasteiger partial charge in [0.05, 0.1) is 0 Å². The first-order valence-electron chi connectivity index (χ1n) is 7.60. The van der Waals surface area contributed by atoms with Gasteiger partial charge in [0.25, 0.3) is 0 Å². The van der Waals surface area contributed by atoms with E-state index in [1.807, 2.05) is 36.7 Å². The fourth-order valence-corrected chi connectivity index (χ4v) is 3.54. The molecule has 2 aromatic rings. The molecule has 1 amide bonds. The molecule has 21 heavy (non-hydrogen) atoms. The smallest absolute Gasteiger partial charge is 0.325 e.